The van der Waals surface area contributed by atoms with Crippen molar-refractivity contribution in [3.63, 3.8) is 0 Å². The highest BCUT2D eigenvalue weighted by Gasteiger charge is 2.25. The third kappa shape index (κ3) is 3.29. The van der Waals surface area contributed by atoms with E-state index < -0.39 is 0 Å². The number of aromatic nitrogens is 2. The van der Waals surface area contributed by atoms with Crippen LogP contribution >= 0.6 is 0 Å². The van der Waals surface area contributed by atoms with Crippen LogP contribution in [-0.2, 0) is 6.54 Å². The summed E-state index contributed by atoms with van der Waals surface area (Å²) in [5, 5.41) is 5.17. The van der Waals surface area contributed by atoms with E-state index in [2.05, 4.69) is 26.0 Å². The van der Waals surface area contributed by atoms with E-state index in [9.17, 15) is 4.39 Å². The van der Waals surface area contributed by atoms with Gasteiger partial charge in [-0.1, -0.05) is 11.2 Å². The first kappa shape index (κ1) is 17.0. The normalized spacial score (nSPS) is 16.3. The Labute approximate surface area is 152 Å². The van der Waals surface area contributed by atoms with Crippen molar-refractivity contribution in [3.05, 3.63) is 53.6 Å². The van der Waals surface area contributed by atoms with Crippen LogP contribution < -0.4 is 4.90 Å². The highest BCUT2D eigenvalue weighted by atomic mass is 19.1. The van der Waals surface area contributed by atoms with Crippen molar-refractivity contribution in [3.8, 4) is 0 Å². The van der Waals surface area contributed by atoms with Crippen molar-refractivity contribution in [2.45, 2.75) is 25.3 Å². The van der Waals surface area contributed by atoms with E-state index in [0.717, 1.165) is 49.4 Å². The van der Waals surface area contributed by atoms with Crippen LogP contribution in [-0.4, -0.2) is 42.2 Å². The molecule has 26 heavy (non-hydrogen) atoms. The molecule has 4 rings (SSSR count). The summed E-state index contributed by atoms with van der Waals surface area (Å²) in [5.74, 6) is 1.10. The monoisotopic (exact) mass is 354 g/mol. The van der Waals surface area contributed by atoms with Crippen LogP contribution in [0.1, 0.15) is 30.0 Å². The number of halogens is 1. The SMILES string of the molecule is CN(C)c1ncccc1CN1CCC(c2noc3cc(F)ccc23)CC1. The lowest BCUT2D eigenvalue weighted by molar-refractivity contribution is 0.202. The van der Waals surface area contributed by atoms with Gasteiger partial charge in [0.15, 0.2) is 5.58 Å². The Hall–Kier alpha value is -2.47. The molecule has 0 saturated carbocycles. The number of nitrogens with zero attached hydrogens (tertiary/aromatic N) is 4. The molecule has 5 nitrogen and oxygen atoms in total. The molecule has 0 aliphatic carbocycles. The van der Waals surface area contributed by atoms with Gasteiger partial charge in [0.1, 0.15) is 11.6 Å². The molecule has 3 aromatic rings. The van der Waals surface area contributed by atoms with E-state index in [-0.39, 0.29) is 5.82 Å². The lowest BCUT2D eigenvalue weighted by Gasteiger charge is -2.31. The molecule has 0 atom stereocenters. The maximum Gasteiger partial charge on any atom is 0.170 e. The Kier molecular flexibility index (Phi) is 4.59. The molecule has 2 aromatic heterocycles. The van der Waals surface area contributed by atoms with E-state index in [1.807, 2.05) is 26.4 Å². The maximum absolute atomic E-state index is 13.3. The van der Waals surface area contributed by atoms with Crippen LogP contribution in [0.3, 0.4) is 0 Å². The fourth-order valence-electron chi connectivity index (χ4n) is 3.79. The van der Waals surface area contributed by atoms with Crippen molar-refractivity contribution >= 4 is 16.8 Å². The van der Waals surface area contributed by atoms with Gasteiger partial charge in [-0.25, -0.2) is 9.37 Å². The smallest absolute Gasteiger partial charge is 0.170 e. The Balaban J connectivity index is 1.44. The van der Waals surface area contributed by atoms with Gasteiger partial charge in [-0.05, 0) is 44.1 Å². The molecular weight excluding hydrogens is 331 g/mol. The summed E-state index contributed by atoms with van der Waals surface area (Å²) in [5.41, 5.74) is 2.75. The van der Waals surface area contributed by atoms with Gasteiger partial charge in [0.25, 0.3) is 0 Å². The van der Waals surface area contributed by atoms with E-state index in [0.29, 0.717) is 11.5 Å². The second-order valence-electron chi connectivity index (χ2n) is 7.14. The maximum atomic E-state index is 13.3. The molecule has 1 saturated heterocycles. The van der Waals surface area contributed by atoms with Crippen molar-refractivity contribution in [2.24, 2.45) is 0 Å². The topological polar surface area (TPSA) is 45.4 Å². The average Bonchev–Trinajstić information content (AvgIpc) is 3.05. The molecule has 6 heteroatoms. The van der Waals surface area contributed by atoms with Gasteiger partial charge in [0.05, 0.1) is 5.69 Å². The van der Waals surface area contributed by atoms with Crippen LogP contribution in [0.4, 0.5) is 10.2 Å². The van der Waals surface area contributed by atoms with Crippen LogP contribution in [0.25, 0.3) is 11.0 Å². The summed E-state index contributed by atoms with van der Waals surface area (Å²) >= 11 is 0. The summed E-state index contributed by atoms with van der Waals surface area (Å²) < 4.78 is 18.7. The Morgan fingerprint density at radius 2 is 2.04 bits per heavy atom. The molecular formula is C20H23FN4O. The predicted molar refractivity (Wildman–Crippen MR) is 99.8 cm³/mol. The van der Waals surface area contributed by atoms with E-state index >= 15 is 0 Å². The summed E-state index contributed by atoms with van der Waals surface area (Å²) in [4.78, 5) is 9.01. The number of benzene rings is 1. The van der Waals surface area contributed by atoms with E-state index in [4.69, 9.17) is 4.52 Å². The van der Waals surface area contributed by atoms with Crippen LogP contribution in [0.15, 0.2) is 41.1 Å². The van der Waals surface area contributed by atoms with Crippen LogP contribution in [0, 0.1) is 5.82 Å². The molecule has 0 spiro atoms. The minimum absolute atomic E-state index is 0.289. The fraction of sp³-hybridized carbons (Fsp3) is 0.400. The zero-order valence-electron chi connectivity index (χ0n) is 15.2. The van der Waals surface area contributed by atoms with Crippen molar-refractivity contribution < 1.29 is 8.91 Å². The number of hydrogen-bond acceptors (Lipinski definition) is 5. The first-order valence-corrected chi connectivity index (χ1v) is 9.00. The van der Waals surface area contributed by atoms with Gasteiger partial charge >= 0.3 is 0 Å². The number of pyridine rings is 1. The van der Waals surface area contributed by atoms with Gasteiger partial charge in [0, 0.05) is 49.8 Å². The molecule has 1 aliphatic rings. The van der Waals surface area contributed by atoms with E-state index in [1.54, 1.807) is 6.07 Å². The highest BCUT2D eigenvalue weighted by Crippen LogP contribution is 2.33. The number of anilines is 1. The zero-order valence-corrected chi connectivity index (χ0v) is 15.2. The lowest BCUT2D eigenvalue weighted by atomic mass is 9.91. The standard InChI is InChI=1S/C20H23FN4O/c1-24(2)20-15(4-3-9-22-20)13-25-10-7-14(8-11-25)19-17-6-5-16(21)12-18(17)26-23-19/h3-6,9,12,14H,7-8,10-11,13H2,1-2H3. The van der Waals surface area contributed by atoms with Gasteiger partial charge in [-0.3, -0.25) is 4.90 Å². The number of fused-ring (bicyclic) bond motifs is 1. The third-order valence-electron chi connectivity index (χ3n) is 5.12. The number of likely N-dealkylation sites (tertiary alicyclic amines) is 1. The molecule has 3 heterocycles. The highest BCUT2D eigenvalue weighted by molar-refractivity contribution is 5.79. The molecule has 0 N–H and O–H groups in total. The van der Waals surface area contributed by atoms with Gasteiger partial charge in [-0.2, -0.15) is 0 Å². The molecule has 1 aromatic carbocycles. The number of piperidine rings is 1. The minimum atomic E-state index is -0.289. The quantitative estimate of drug-likeness (QED) is 0.713. The van der Waals surface area contributed by atoms with Crippen molar-refractivity contribution in [1.82, 2.24) is 15.0 Å². The predicted octanol–water partition coefficient (Wildman–Crippen LogP) is 3.81. The third-order valence-corrected chi connectivity index (χ3v) is 5.12. The second-order valence-corrected chi connectivity index (χ2v) is 7.14. The van der Waals surface area contributed by atoms with Crippen molar-refractivity contribution in [2.75, 3.05) is 32.1 Å². The average molecular weight is 354 g/mol. The Bertz CT molecular complexity index is 900. The fourth-order valence-corrected chi connectivity index (χ4v) is 3.79. The molecule has 136 valence electrons. The first-order valence-electron chi connectivity index (χ1n) is 9.00. The summed E-state index contributed by atoms with van der Waals surface area (Å²) in [6.45, 7) is 2.91. The number of hydrogen-bond donors (Lipinski definition) is 0. The van der Waals surface area contributed by atoms with Gasteiger partial charge in [-0.15, -0.1) is 0 Å². The Morgan fingerprint density at radius 1 is 1.23 bits per heavy atom. The van der Waals surface area contributed by atoms with Crippen molar-refractivity contribution in [1.29, 1.82) is 0 Å². The minimum Gasteiger partial charge on any atom is -0.362 e. The Morgan fingerprint density at radius 3 is 2.81 bits per heavy atom. The van der Waals surface area contributed by atoms with Crippen LogP contribution in [0.5, 0.6) is 0 Å². The molecule has 0 amide bonds. The molecule has 0 bridgehead atoms. The van der Waals surface area contributed by atoms with E-state index in [1.165, 1.54) is 17.7 Å². The summed E-state index contributed by atoms with van der Waals surface area (Å²) in [6.07, 6.45) is 3.89. The lowest BCUT2D eigenvalue weighted by Crippen LogP contribution is -2.33. The molecule has 0 radical (unpaired) electrons. The molecule has 0 unspecified atom stereocenters. The molecule has 1 fully saturated rings. The van der Waals surface area contributed by atoms with Gasteiger partial charge < -0.3 is 9.42 Å². The zero-order chi connectivity index (χ0) is 18.1. The number of rotatable bonds is 4. The second kappa shape index (κ2) is 7.03. The van der Waals surface area contributed by atoms with Gasteiger partial charge in [0.2, 0.25) is 0 Å². The molecule has 1 aliphatic heterocycles. The largest absolute Gasteiger partial charge is 0.362 e. The van der Waals surface area contributed by atoms with Crippen LogP contribution in [0.2, 0.25) is 0 Å². The first-order chi connectivity index (χ1) is 12.6. The summed E-state index contributed by atoms with van der Waals surface area (Å²) in [6, 6.07) is 8.81. The summed E-state index contributed by atoms with van der Waals surface area (Å²) in [7, 11) is 4.05.